The van der Waals surface area contributed by atoms with E-state index in [1.165, 1.54) is 17.4 Å². The second kappa shape index (κ2) is 5.50. The van der Waals surface area contributed by atoms with E-state index in [1.807, 2.05) is 0 Å². The summed E-state index contributed by atoms with van der Waals surface area (Å²) < 4.78 is 0.612. The number of nitro groups is 1. The number of benzene rings is 1. The maximum atomic E-state index is 11.9. The van der Waals surface area contributed by atoms with Crippen LogP contribution in [-0.2, 0) is 0 Å². The predicted molar refractivity (Wildman–Crippen MR) is 77.8 cm³/mol. The van der Waals surface area contributed by atoms with Crippen LogP contribution >= 0.6 is 27.3 Å². The molecule has 0 saturated heterocycles. The summed E-state index contributed by atoms with van der Waals surface area (Å²) in [7, 11) is 0. The summed E-state index contributed by atoms with van der Waals surface area (Å²) in [6, 6.07) is 6.43. The molecule has 0 atom stereocenters. The highest BCUT2D eigenvalue weighted by molar-refractivity contribution is 9.10. The lowest BCUT2D eigenvalue weighted by atomic mass is 10.2. The van der Waals surface area contributed by atoms with Gasteiger partial charge in [-0.3, -0.25) is 14.9 Å². The van der Waals surface area contributed by atoms with Crippen LogP contribution in [0.2, 0.25) is 0 Å². The molecule has 2 rings (SSSR count). The minimum absolute atomic E-state index is 0.0234. The third-order valence-corrected chi connectivity index (χ3v) is 4.00. The first-order valence-corrected chi connectivity index (χ1v) is 6.95. The van der Waals surface area contributed by atoms with E-state index in [2.05, 4.69) is 21.2 Å². The molecule has 1 N–H and O–H groups in total. The van der Waals surface area contributed by atoms with E-state index < -0.39 is 4.92 Å². The van der Waals surface area contributed by atoms with Crippen LogP contribution in [-0.4, -0.2) is 10.8 Å². The van der Waals surface area contributed by atoms with E-state index in [0.29, 0.717) is 20.6 Å². The van der Waals surface area contributed by atoms with Gasteiger partial charge >= 0.3 is 0 Å². The Balaban J connectivity index is 2.32. The molecule has 0 unspecified atom stereocenters. The van der Waals surface area contributed by atoms with Gasteiger partial charge in [-0.1, -0.05) is 6.07 Å². The van der Waals surface area contributed by atoms with Crippen molar-refractivity contribution >= 4 is 44.5 Å². The van der Waals surface area contributed by atoms with Crippen molar-refractivity contribution in [3.63, 3.8) is 0 Å². The first-order valence-electron chi connectivity index (χ1n) is 5.28. The molecule has 5 nitrogen and oxygen atoms in total. The molecule has 1 aromatic heterocycles. The highest BCUT2D eigenvalue weighted by Crippen LogP contribution is 2.31. The van der Waals surface area contributed by atoms with Crippen molar-refractivity contribution in [2.45, 2.75) is 6.92 Å². The van der Waals surface area contributed by atoms with Crippen molar-refractivity contribution in [3.8, 4) is 0 Å². The fourth-order valence-electron chi connectivity index (χ4n) is 1.55. The van der Waals surface area contributed by atoms with Crippen molar-refractivity contribution < 1.29 is 9.72 Å². The molecule has 7 heteroatoms. The van der Waals surface area contributed by atoms with Gasteiger partial charge in [0.25, 0.3) is 11.6 Å². The number of hydrogen-bond acceptors (Lipinski definition) is 4. The van der Waals surface area contributed by atoms with Crippen molar-refractivity contribution in [1.29, 1.82) is 0 Å². The van der Waals surface area contributed by atoms with Crippen LogP contribution in [0.25, 0.3) is 0 Å². The molecule has 1 amide bonds. The van der Waals surface area contributed by atoms with E-state index >= 15 is 0 Å². The Morgan fingerprint density at radius 2 is 2.21 bits per heavy atom. The topological polar surface area (TPSA) is 72.2 Å². The van der Waals surface area contributed by atoms with Crippen LogP contribution < -0.4 is 5.32 Å². The molecule has 0 aliphatic heterocycles. The smallest absolute Gasteiger partial charge is 0.274 e. The van der Waals surface area contributed by atoms with Crippen LogP contribution in [0.4, 0.5) is 11.4 Å². The summed E-state index contributed by atoms with van der Waals surface area (Å²) in [6.45, 7) is 1.65. The number of aryl methyl sites for hydroxylation is 1. The Morgan fingerprint density at radius 1 is 1.47 bits per heavy atom. The number of nitrogens with one attached hydrogen (secondary N) is 1. The first-order chi connectivity index (χ1) is 8.99. The summed E-state index contributed by atoms with van der Waals surface area (Å²) in [4.78, 5) is 22.9. The van der Waals surface area contributed by atoms with Gasteiger partial charge in [0.15, 0.2) is 0 Å². The molecule has 0 bridgehead atoms. The summed E-state index contributed by atoms with van der Waals surface area (Å²) in [5.41, 5.74) is 0.895. The maximum absolute atomic E-state index is 11.9. The number of hydrogen-bond donors (Lipinski definition) is 1. The molecule has 2 aromatic rings. The molecule has 0 aliphatic rings. The summed E-state index contributed by atoms with van der Waals surface area (Å²) in [5.74, 6) is -0.283. The second-order valence-corrected chi connectivity index (χ2v) is 5.61. The van der Waals surface area contributed by atoms with Gasteiger partial charge in [0.2, 0.25) is 0 Å². The molecule has 19 heavy (non-hydrogen) atoms. The maximum Gasteiger partial charge on any atom is 0.274 e. The Morgan fingerprint density at radius 3 is 2.79 bits per heavy atom. The molecule has 0 aliphatic carbocycles. The minimum atomic E-state index is -0.470. The van der Waals surface area contributed by atoms with Crippen molar-refractivity contribution in [2.24, 2.45) is 0 Å². The number of nitrogens with zero attached hydrogens (tertiary/aromatic N) is 1. The number of nitro benzene ring substituents is 1. The molecular formula is C12H9BrN2O3S. The molecule has 0 saturated carbocycles. The largest absolute Gasteiger partial charge is 0.320 e. The van der Waals surface area contributed by atoms with Crippen molar-refractivity contribution in [2.75, 3.05) is 5.32 Å². The van der Waals surface area contributed by atoms with Gasteiger partial charge < -0.3 is 5.32 Å². The molecule has 0 fully saturated rings. The van der Waals surface area contributed by atoms with Gasteiger partial charge in [-0.25, -0.2) is 0 Å². The number of halogens is 1. The summed E-state index contributed by atoms with van der Waals surface area (Å²) in [6.07, 6.45) is 0. The quantitative estimate of drug-likeness (QED) is 0.678. The third-order valence-electron chi connectivity index (χ3n) is 2.48. The van der Waals surface area contributed by atoms with Crippen LogP contribution in [0.1, 0.15) is 15.2 Å². The summed E-state index contributed by atoms with van der Waals surface area (Å²) >= 11 is 4.60. The number of carbonyl (C=O) groups excluding carboxylic acids is 1. The van der Waals surface area contributed by atoms with Gasteiger partial charge in [-0.15, -0.1) is 11.3 Å². The molecule has 1 aromatic carbocycles. The van der Waals surface area contributed by atoms with Gasteiger partial charge in [0.1, 0.15) is 0 Å². The third kappa shape index (κ3) is 2.99. The van der Waals surface area contributed by atoms with E-state index in [0.717, 1.165) is 0 Å². The van der Waals surface area contributed by atoms with Crippen molar-refractivity contribution in [1.82, 2.24) is 0 Å². The fourth-order valence-corrected chi connectivity index (χ4v) is 2.72. The van der Waals surface area contributed by atoms with Crippen LogP contribution in [0, 0.1) is 17.0 Å². The molecular weight excluding hydrogens is 332 g/mol. The number of carbonyl (C=O) groups is 1. The SMILES string of the molecule is Cc1cc(Br)c(NC(=O)c2cccs2)cc1[N+](=O)[O-]. The zero-order valence-electron chi connectivity index (χ0n) is 9.84. The Labute approximate surface area is 121 Å². The van der Waals surface area contributed by atoms with Gasteiger partial charge in [-0.2, -0.15) is 0 Å². The van der Waals surface area contributed by atoms with Crippen LogP contribution in [0.15, 0.2) is 34.1 Å². The minimum Gasteiger partial charge on any atom is -0.320 e. The fraction of sp³-hybridized carbons (Fsp3) is 0.0833. The molecule has 0 spiro atoms. The Hall–Kier alpha value is -1.73. The van der Waals surface area contributed by atoms with Crippen LogP contribution in [0.3, 0.4) is 0 Å². The average molecular weight is 341 g/mol. The van der Waals surface area contributed by atoms with Crippen LogP contribution in [0.5, 0.6) is 0 Å². The Kier molecular flexibility index (Phi) is 3.96. The van der Waals surface area contributed by atoms with Gasteiger partial charge in [0.05, 0.1) is 15.5 Å². The number of anilines is 1. The predicted octanol–water partition coefficient (Wildman–Crippen LogP) is 3.98. The number of thiophene rings is 1. The zero-order valence-corrected chi connectivity index (χ0v) is 12.2. The molecule has 1 heterocycles. The van der Waals surface area contributed by atoms with E-state index in [4.69, 9.17) is 0 Å². The van der Waals surface area contributed by atoms with E-state index in [-0.39, 0.29) is 11.6 Å². The zero-order chi connectivity index (χ0) is 14.0. The Bertz CT molecular complexity index is 641. The summed E-state index contributed by atoms with van der Waals surface area (Å²) in [5, 5.41) is 15.3. The van der Waals surface area contributed by atoms with Crippen molar-refractivity contribution in [3.05, 3.63) is 54.7 Å². The highest BCUT2D eigenvalue weighted by Gasteiger charge is 2.16. The lowest BCUT2D eigenvalue weighted by molar-refractivity contribution is -0.385. The normalized spacial score (nSPS) is 10.2. The molecule has 0 radical (unpaired) electrons. The number of amides is 1. The average Bonchev–Trinajstić information content (AvgIpc) is 2.85. The lowest BCUT2D eigenvalue weighted by Gasteiger charge is -2.07. The van der Waals surface area contributed by atoms with Gasteiger partial charge in [0, 0.05) is 16.1 Å². The second-order valence-electron chi connectivity index (χ2n) is 3.81. The lowest BCUT2D eigenvalue weighted by Crippen LogP contribution is -2.11. The molecule has 98 valence electrons. The van der Waals surface area contributed by atoms with E-state index in [1.54, 1.807) is 30.5 Å². The highest BCUT2D eigenvalue weighted by atomic mass is 79.9. The first kappa shape index (κ1) is 13.7. The monoisotopic (exact) mass is 340 g/mol. The van der Waals surface area contributed by atoms with Gasteiger partial charge in [-0.05, 0) is 40.4 Å². The standard InChI is InChI=1S/C12H9BrN2O3S/c1-7-5-8(13)9(6-10(7)15(17)18)14-12(16)11-3-2-4-19-11/h2-6H,1H3,(H,14,16). The number of rotatable bonds is 3. The van der Waals surface area contributed by atoms with E-state index in [9.17, 15) is 14.9 Å².